The zero-order chi connectivity index (χ0) is 34.2. The summed E-state index contributed by atoms with van der Waals surface area (Å²) in [6, 6.07) is 0. The van der Waals surface area contributed by atoms with E-state index in [1.165, 1.54) is 0 Å². The summed E-state index contributed by atoms with van der Waals surface area (Å²) in [6.07, 6.45) is 29.4. The minimum Gasteiger partial charge on any atom is -1.00 e. The van der Waals surface area contributed by atoms with Crippen molar-refractivity contribution in [3.63, 3.8) is 0 Å². The van der Waals surface area contributed by atoms with E-state index in [4.69, 9.17) is 0 Å². The van der Waals surface area contributed by atoms with Gasteiger partial charge in [0.1, 0.15) is 0 Å². The molecule has 0 unspecified atom stereocenters. The largest absolute Gasteiger partial charge is 1.00 e. The van der Waals surface area contributed by atoms with Gasteiger partial charge in [-0.05, 0) is 0 Å². The molecule has 0 atom stereocenters. The van der Waals surface area contributed by atoms with Crippen LogP contribution >= 0.6 is 0 Å². The molecule has 0 bridgehead atoms. The number of aromatic nitrogens is 16. The third kappa shape index (κ3) is 10.5. The Bertz CT molecular complexity index is 1720. The maximum Gasteiger partial charge on any atom is 1.00 e. The Kier molecular flexibility index (Phi) is 17.0. The van der Waals surface area contributed by atoms with Gasteiger partial charge in [0, 0.05) is 175 Å². The number of nitrogens with zero attached hydrogens (tertiary/aromatic N) is 16. The number of imidazole rings is 8. The molecule has 8 heterocycles. The van der Waals surface area contributed by atoms with Crippen LogP contribution in [0.25, 0.3) is 46.6 Å². The molecule has 0 aliphatic rings. The summed E-state index contributed by atoms with van der Waals surface area (Å²) < 4.78 is 15.6. The van der Waals surface area contributed by atoms with Crippen molar-refractivity contribution < 1.29 is 72.6 Å². The van der Waals surface area contributed by atoms with Crippen molar-refractivity contribution in [2.75, 3.05) is 0 Å². The van der Waals surface area contributed by atoms with Gasteiger partial charge in [-0.3, -0.25) is 0 Å². The molecular weight excluding hydrogens is 850 g/mol. The predicted molar refractivity (Wildman–Crippen MR) is 189 cm³/mol. The van der Waals surface area contributed by atoms with Crippen LogP contribution in [0.3, 0.4) is 0 Å². The van der Waals surface area contributed by atoms with Crippen LogP contribution in [0.5, 0.6) is 0 Å². The normalized spacial score (nSPS) is 9.88. The smallest absolute Gasteiger partial charge is 1.00 e. The van der Waals surface area contributed by atoms with Crippen LogP contribution in [-0.4, -0.2) is 76.4 Å². The molecule has 0 amide bonds. The van der Waals surface area contributed by atoms with E-state index < -0.39 is 0 Å². The molecule has 18 heteroatoms. The average molecular weight is 895 g/mol. The van der Waals surface area contributed by atoms with E-state index in [1.807, 2.05) is 142 Å². The van der Waals surface area contributed by atoms with Crippen LogP contribution < -0.4 is 51.4 Å². The van der Waals surface area contributed by atoms with Crippen molar-refractivity contribution in [2.24, 2.45) is 56.4 Å². The minimum absolute atomic E-state index is 0. The maximum atomic E-state index is 4.20. The summed E-state index contributed by atoms with van der Waals surface area (Å²) in [5.74, 6) is 7.13. The fourth-order valence-corrected chi connectivity index (χ4v) is 4.65. The second kappa shape index (κ2) is 20.1. The molecule has 0 spiro atoms. The Morgan fingerprint density at radius 2 is 0.392 bits per heavy atom. The number of hydrogen-bond donors (Lipinski definition) is 0. The van der Waals surface area contributed by atoms with Gasteiger partial charge in [-0.2, -0.15) is 0 Å². The molecular formula is C33H45KN16Os. The summed E-state index contributed by atoms with van der Waals surface area (Å²) in [5.41, 5.74) is 0. The molecule has 8 aromatic rings. The van der Waals surface area contributed by atoms with E-state index in [1.54, 1.807) is 49.6 Å². The molecule has 266 valence electrons. The fraction of sp³-hybridized carbons (Fsp3) is 0.273. The molecule has 0 N–H and O–H groups in total. The quantitative estimate of drug-likeness (QED) is 0.239. The van der Waals surface area contributed by atoms with Crippen LogP contribution in [0, 0.1) is 0 Å². The molecule has 8 aromatic heterocycles. The summed E-state index contributed by atoms with van der Waals surface area (Å²) >= 11 is 0. The second-order valence-electron chi connectivity index (χ2n) is 10.9. The summed E-state index contributed by atoms with van der Waals surface area (Å²) in [6.45, 7) is 0. The van der Waals surface area contributed by atoms with Crippen molar-refractivity contribution in [1.29, 1.82) is 0 Å². The maximum absolute atomic E-state index is 4.20. The van der Waals surface area contributed by atoms with Crippen molar-refractivity contribution in [1.82, 2.24) is 76.4 Å². The van der Waals surface area contributed by atoms with E-state index >= 15 is 0 Å². The molecule has 0 aliphatic carbocycles. The second-order valence-corrected chi connectivity index (χ2v) is 10.9. The van der Waals surface area contributed by atoms with E-state index in [2.05, 4.69) is 39.9 Å². The van der Waals surface area contributed by atoms with E-state index in [9.17, 15) is 0 Å². The third-order valence-electron chi connectivity index (χ3n) is 7.37. The average Bonchev–Trinajstić information content (AvgIpc) is 3.89. The van der Waals surface area contributed by atoms with Gasteiger partial charge in [-0.1, -0.05) is 7.43 Å². The monoisotopic (exact) mass is 896 g/mol. The van der Waals surface area contributed by atoms with Crippen molar-refractivity contribution >= 4 is 0 Å². The first-order chi connectivity index (χ1) is 23.2. The first-order valence-electron chi connectivity index (χ1n) is 15.0. The zero-order valence-electron chi connectivity index (χ0n) is 30.7. The molecule has 8 rings (SSSR count). The Hall–Kier alpha value is -4.05. The van der Waals surface area contributed by atoms with Crippen LogP contribution in [0.15, 0.2) is 99.1 Å². The van der Waals surface area contributed by atoms with Crippen molar-refractivity contribution in [3.05, 3.63) is 99.1 Å². The van der Waals surface area contributed by atoms with E-state index in [-0.39, 0.29) is 80.0 Å². The minimum atomic E-state index is 0. The Morgan fingerprint density at radius 1 is 0.294 bits per heavy atom. The molecule has 16 nitrogen and oxygen atoms in total. The molecule has 0 radical (unpaired) electrons. The van der Waals surface area contributed by atoms with Gasteiger partial charge in [-0.25, -0.2) is 39.9 Å². The fourth-order valence-electron chi connectivity index (χ4n) is 4.65. The van der Waals surface area contributed by atoms with Gasteiger partial charge < -0.3 is 38.0 Å². The number of hydrogen-bond acceptors (Lipinski definition) is 8. The molecule has 51 heavy (non-hydrogen) atoms. The molecule has 0 aromatic carbocycles. The van der Waals surface area contributed by atoms with E-state index in [0.29, 0.717) is 0 Å². The summed E-state index contributed by atoms with van der Waals surface area (Å²) in [4.78, 5) is 33.6. The van der Waals surface area contributed by atoms with Crippen molar-refractivity contribution in [2.45, 2.75) is 7.43 Å². The third-order valence-corrected chi connectivity index (χ3v) is 7.37. The van der Waals surface area contributed by atoms with Crippen molar-refractivity contribution in [3.8, 4) is 46.6 Å². The SMILES string of the molecule is C.Cn1ccnc1-c1nccn1C.Cn1ccnc1-c1nccn1C.Cn1ccnc1-c1nccn1C.Cn1ccnc1-c1nccn1C.[H-].[K+].[Os]. The molecule has 0 aliphatic heterocycles. The van der Waals surface area contributed by atoms with Gasteiger partial charge in [0.2, 0.25) is 0 Å². The van der Waals surface area contributed by atoms with Gasteiger partial charge >= 0.3 is 51.4 Å². The van der Waals surface area contributed by atoms with Gasteiger partial charge in [0.15, 0.2) is 46.6 Å². The summed E-state index contributed by atoms with van der Waals surface area (Å²) in [5, 5.41) is 0. The van der Waals surface area contributed by atoms with Crippen LogP contribution in [0.1, 0.15) is 8.85 Å². The standard InChI is InChI=1S/4C8H10N4.CH4.K.Os.H/c4*1-11-5-3-9-7(11)8-10-4-6-12(8)2;;;;/h4*3-6H,1-2H3;1H4;;;/q;;;;;+1;;-1. The zero-order valence-corrected chi connectivity index (χ0v) is 35.4. The van der Waals surface area contributed by atoms with E-state index in [0.717, 1.165) is 46.6 Å². The van der Waals surface area contributed by atoms with Crippen LogP contribution in [0.2, 0.25) is 0 Å². The first kappa shape index (κ1) is 43.1. The number of rotatable bonds is 4. The Morgan fingerprint density at radius 3 is 0.451 bits per heavy atom. The molecule has 0 saturated heterocycles. The number of aryl methyl sites for hydroxylation is 8. The van der Waals surface area contributed by atoms with Crippen LogP contribution in [0.4, 0.5) is 0 Å². The Labute approximate surface area is 355 Å². The first-order valence-corrected chi connectivity index (χ1v) is 15.0. The molecule has 0 fully saturated rings. The Balaban J connectivity index is 0.000000338. The van der Waals surface area contributed by atoms with Gasteiger partial charge in [0.25, 0.3) is 0 Å². The summed E-state index contributed by atoms with van der Waals surface area (Å²) in [7, 11) is 15.6. The van der Waals surface area contributed by atoms with Crippen LogP contribution in [-0.2, 0) is 76.2 Å². The predicted octanol–water partition coefficient (Wildman–Crippen LogP) is 1.03. The van der Waals surface area contributed by atoms with Gasteiger partial charge in [0.05, 0.1) is 0 Å². The molecule has 0 saturated carbocycles. The topological polar surface area (TPSA) is 143 Å². The van der Waals surface area contributed by atoms with Gasteiger partial charge in [-0.15, -0.1) is 0 Å².